The molecule has 2 saturated heterocycles. The third-order valence-electron chi connectivity index (χ3n) is 5.98. The minimum atomic E-state index is -1.09. The van der Waals surface area contributed by atoms with Crippen LogP contribution in [0, 0.1) is 5.92 Å². The summed E-state index contributed by atoms with van der Waals surface area (Å²) in [6.45, 7) is 2.30. The molecule has 4 rings (SSSR count). The second-order valence-corrected chi connectivity index (χ2v) is 10.2. The standard InChI is InChI=1S/C19H25N9O3S2/c20-25-22-5-1-2-12-3-6-27(7-4-12)11-21-15-17(29)28-16(19(30)31)13(10-33-18(15)28)9-32-14-8-23-26-24-14/h8,11-12,15,18H,1-7,9-10H2,(H,30,31)(H,23,24,26)/t15?,18-/m1/s1. The highest BCUT2D eigenvalue weighted by Crippen LogP contribution is 2.42. The first kappa shape index (κ1) is 23.5. The molecule has 0 bridgehead atoms. The number of β-lactam (4-membered cyclic amide) rings is 1. The van der Waals surface area contributed by atoms with Crippen molar-refractivity contribution in [3.05, 3.63) is 27.9 Å². The monoisotopic (exact) mass is 491 g/mol. The number of likely N-dealkylation sites (tertiary alicyclic amines) is 1. The fraction of sp³-hybridized carbons (Fsp3) is 0.632. The Kier molecular flexibility index (Phi) is 7.78. The SMILES string of the molecule is [N-]=[N+]=NCCCC1CCN(C=NC2C(=O)N3C(C(=O)O)=C(CSc4cn[nH]n4)CS[C@H]23)CC1. The van der Waals surface area contributed by atoms with Crippen molar-refractivity contribution >= 4 is 41.7 Å². The van der Waals surface area contributed by atoms with E-state index in [-0.39, 0.29) is 17.0 Å². The number of fused-ring (bicyclic) bond motifs is 1. The van der Waals surface area contributed by atoms with Crippen LogP contribution < -0.4 is 0 Å². The Morgan fingerprint density at radius 1 is 1.45 bits per heavy atom. The Morgan fingerprint density at radius 2 is 2.27 bits per heavy atom. The number of carbonyl (C=O) groups is 2. The van der Waals surface area contributed by atoms with Crippen molar-refractivity contribution in [3.8, 4) is 0 Å². The van der Waals surface area contributed by atoms with Gasteiger partial charge in [0.1, 0.15) is 16.1 Å². The molecule has 4 heterocycles. The van der Waals surface area contributed by atoms with E-state index < -0.39 is 12.0 Å². The molecule has 12 nitrogen and oxygen atoms in total. The molecule has 2 atom stereocenters. The smallest absolute Gasteiger partial charge is 0.352 e. The fourth-order valence-corrected chi connectivity index (χ4v) is 6.48. The summed E-state index contributed by atoms with van der Waals surface area (Å²) in [5.74, 6) is 0.236. The largest absolute Gasteiger partial charge is 0.477 e. The van der Waals surface area contributed by atoms with Crippen LogP contribution in [0.1, 0.15) is 25.7 Å². The molecule has 14 heteroatoms. The Morgan fingerprint density at radius 3 is 2.97 bits per heavy atom. The molecular weight excluding hydrogens is 466 g/mol. The number of nitrogens with one attached hydrogen (secondary N) is 1. The van der Waals surface area contributed by atoms with Gasteiger partial charge in [0.15, 0.2) is 6.04 Å². The number of carboxylic acids is 1. The van der Waals surface area contributed by atoms with Crippen molar-refractivity contribution in [1.29, 1.82) is 0 Å². The summed E-state index contributed by atoms with van der Waals surface area (Å²) in [5, 5.41) is 24.0. The normalized spacial score (nSPS) is 23.5. The molecule has 2 N–H and O–H groups in total. The maximum atomic E-state index is 12.8. The van der Waals surface area contributed by atoms with Crippen molar-refractivity contribution in [2.45, 2.75) is 42.1 Å². The van der Waals surface area contributed by atoms with Crippen LogP contribution in [-0.2, 0) is 9.59 Å². The number of piperidine rings is 1. The van der Waals surface area contributed by atoms with Crippen LogP contribution in [-0.4, -0.2) is 91.1 Å². The average Bonchev–Trinajstić information content (AvgIpc) is 3.34. The van der Waals surface area contributed by atoms with Gasteiger partial charge in [-0.2, -0.15) is 10.3 Å². The van der Waals surface area contributed by atoms with Gasteiger partial charge >= 0.3 is 5.97 Å². The Hall–Kier alpha value is -2.70. The van der Waals surface area contributed by atoms with E-state index in [1.807, 2.05) is 0 Å². The first-order valence-corrected chi connectivity index (χ1v) is 12.8. The fourth-order valence-electron chi connectivity index (χ4n) is 4.22. The highest BCUT2D eigenvalue weighted by Gasteiger charge is 2.53. The van der Waals surface area contributed by atoms with Crippen molar-refractivity contribution in [2.24, 2.45) is 16.0 Å². The highest BCUT2D eigenvalue weighted by molar-refractivity contribution is 8.01. The Bertz CT molecular complexity index is 969. The van der Waals surface area contributed by atoms with E-state index >= 15 is 0 Å². The van der Waals surface area contributed by atoms with Gasteiger partial charge in [0.2, 0.25) is 0 Å². The van der Waals surface area contributed by atoms with Gasteiger partial charge in [-0.05, 0) is 36.3 Å². The molecule has 176 valence electrons. The van der Waals surface area contributed by atoms with E-state index in [2.05, 4.69) is 35.3 Å². The molecule has 2 fully saturated rings. The molecule has 1 aromatic heterocycles. The van der Waals surface area contributed by atoms with Crippen LogP contribution in [0.25, 0.3) is 10.4 Å². The van der Waals surface area contributed by atoms with Gasteiger partial charge in [-0.15, -0.1) is 16.9 Å². The lowest BCUT2D eigenvalue weighted by Gasteiger charge is -2.48. The predicted molar refractivity (Wildman–Crippen MR) is 125 cm³/mol. The summed E-state index contributed by atoms with van der Waals surface area (Å²) < 4.78 is 0. The number of aromatic nitrogens is 3. The zero-order valence-electron chi connectivity index (χ0n) is 17.9. The molecule has 1 aromatic rings. The third-order valence-corrected chi connectivity index (χ3v) is 8.29. The van der Waals surface area contributed by atoms with Gasteiger partial charge in [0.05, 0.1) is 12.5 Å². The van der Waals surface area contributed by atoms with Crippen LogP contribution in [0.2, 0.25) is 0 Å². The maximum absolute atomic E-state index is 12.8. The molecule has 0 spiro atoms. The van der Waals surface area contributed by atoms with Gasteiger partial charge in [-0.3, -0.25) is 14.7 Å². The lowest BCUT2D eigenvalue weighted by Crippen LogP contribution is -2.64. The van der Waals surface area contributed by atoms with Crippen LogP contribution in [0.3, 0.4) is 0 Å². The number of aliphatic imine (C=N–C) groups is 1. The Labute approximate surface area is 198 Å². The van der Waals surface area contributed by atoms with Crippen molar-refractivity contribution < 1.29 is 14.7 Å². The number of aliphatic carboxylic acids is 1. The number of hydrogen-bond acceptors (Lipinski definition) is 8. The molecule has 1 amide bonds. The number of thioether (sulfide) groups is 2. The van der Waals surface area contributed by atoms with Gasteiger partial charge in [0.25, 0.3) is 5.91 Å². The van der Waals surface area contributed by atoms with Crippen LogP contribution in [0.5, 0.6) is 0 Å². The topological polar surface area (TPSA) is 164 Å². The average molecular weight is 492 g/mol. The van der Waals surface area contributed by atoms with E-state index in [0.717, 1.165) is 38.8 Å². The van der Waals surface area contributed by atoms with Crippen molar-refractivity contribution in [1.82, 2.24) is 25.2 Å². The quantitative estimate of drug-likeness (QED) is 0.0736. The summed E-state index contributed by atoms with van der Waals surface area (Å²) >= 11 is 2.94. The summed E-state index contributed by atoms with van der Waals surface area (Å²) in [4.78, 5) is 35.6. The van der Waals surface area contributed by atoms with E-state index in [4.69, 9.17) is 5.53 Å². The highest BCUT2D eigenvalue weighted by atomic mass is 32.2. The van der Waals surface area contributed by atoms with E-state index in [1.165, 1.54) is 16.7 Å². The lowest BCUT2D eigenvalue weighted by atomic mass is 9.92. The summed E-state index contributed by atoms with van der Waals surface area (Å²) in [5.41, 5.74) is 9.12. The van der Waals surface area contributed by atoms with Gasteiger partial charge < -0.3 is 10.0 Å². The van der Waals surface area contributed by atoms with Crippen molar-refractivity contribution in [2.75, 3.05) is 31.1 Å². The van der Waals surface area contributed by atoms with Crippen LogP contribution >= 0.6 is 23.5 Å². The third kappa shape index (κ3) is 5.45. The van der Waals surface area contributed by atoms with E-state index in [9.17, 15) is 14.7 Å². The first-order valence-electron chi connectivity index (χ1n) is 10.7. The molecule has 0 aromatic carbocycles. The summed E-state index contributed by atoms with van der Waals surface area (Å²) in [6.07, 6.45) is 7.40. The van der Waals surface area contributed by atoms with Gasteiger partial charge in [0, 0.05) is 36.1 Å². The van der Waals surface area contributed by atoms with Crippen molar-refractivity contribution in [3.63, 3.8) is 0 Å². The number of H-pyrrole nitrogens is 1. The zero-order valence-corrected chi connectivity index (χ0v) is 19.5. The molecule has 0 aliphatic carbocycles. The number of aromatic amines is 1. The number of carboxylic acid groups (broad SMARTS) is 1. The number of rotatable bonds is 10. The molecule has 1 unspecified atom stereocenters. The summed E-state index contributed by atoms with van der Waals surface area (Å²) in [7, 11) is 0. The first-order chi connectivity index (χ1) is 16.1. The second-order valence-electron chi connectivity index (χ2n) is 8.05. The molecule has 3 aliphatic heterocycles. The second kappa shape index (κ2) is 10.9. The van der Waals surface area contributed by atoms with Crippen LogP contribution in [0.4, 0.5) is 0 Å². The Balaban J connectivity index is 1.30. The van der Waals surface area contributed by atoms with Crippen LogP contribution in [0.15, 0.2) is 32.6 Å². The minimum absolute atomic E-state index is 0.0766. The summed E-state index contributed by atoms with van der Waals surface area (Å²) in [6, 6.07) is -0.546. The number of azide groups is 1. The predicted octanol–water partition coefficient (Wildman–Crippen LogP) is 2.35. The minimum Gasteiger partial charge on any atom is -0.477 e. The molecular formula is C19H25N9O3S2. The number of carbonyl (C=O) groups excluding carboxylic acids is 1. The number of hydrogen-bond donors (Lipinski definition) is 2. The van der Waals surface area contributed by atoms with E-state index in [0.29, 0.717) is 34.6 Å². The number of nitrogens with zero attached hydrogens (tertiary/aromatic N) is 8. The molecule has 3 aliphatic rings. The maximum Gasteiger partial charge on any atom is 0.352 e. The molecule has 0 saturated carbocycles. The molecule has 33 heavy (non-hydrogen) atoms. The zero-order chi connectivity index (χ0) is 23.2. The molecule has 0 radical (unpaired) electrons. The lowest BCUT2D eigenvalue weighted by molar-refractivity contribution is -0.147. The van der Waals surface area contributed by atoms with Gasteiger partial charge in [-0.25, -0.2) is 4.79 Å². The number of amides is 1. The van der Waals surface area contributed by atoms with E-state index in [1.54, 1.807) is 24.3 Å². The van der Waals surface area contributed by atoms with Gasteiger partial charge in [-0.1, -0.05) is 23.3 Å².